The Kier molecular flexibility index (Phi) is 6.24. The lowest BCUT2D eigenvalue weighted by Crippen LogP contribution is -2.51. The highest BCUT2D eigenvalue weighted by atomic mass is 16.5. The molecule has 2 unspecified atom stereocenters. The topological polar surface area (TPSA) is 68.8 Å². The third-order valence-corrected chi connectivity index (χ3v) is 3.65. The molecule has 0 aromatic heterocycles. The van der Waals surface area contributed by atoms with Crippen LogP contribution in [0.2, 0.25) is 0 Å². The number of benzene rings is 1. The van der Waals surface area contributed by atoms with Crippen molar-refractivity contribution in [2.45, 2.75) is 39.0 Å². The van der Waals surface area contributed by atoms with Crippen molar-refractivity contribution in [1.29, 1.82) is 0 Å². The molecule has 2 rings (SSSR count). The standard InChI is InChI=1S/C17H26N2O4/c1-11(2)23-15-6-5-13(9-16(15)21-4)12(3)19-17(20)14-10-22-8-7-18-14/h5-6,9,11-12,14,18H,7-8,10H2,1-4H3,(H,19,20). The number of methoxy groups -OCH3 is 1. The lowest BCUT2D eigenvalue weighted by molar-refractivity contribution is -0.126. The Morgan fingerprint density at radius 1 is 1.35 bits per heavy atom. The molecule has 128 valence electrons. The Labute approximate surface area is 137 Å². The van der Waals surface area contributed by atoms with Crippen molar-refractivity contribution in [1.82, 2.24) is 10.6 Å². The second-order valence-electron chi connectivity index (χ2n) is 5.89. The second kappa shape index (κ2) is 8.17. The maximum Gasteiger partial charge on any atom is 0.240 e. The molecule has 1 fully saturated rings. The minimum absolute atomic E-state index is 0.0568. The molecule has 6 heteroatoms. The van der Waals surface area contributed by atoms with Gasteiger partial charge in [-0.05, 0) is 38.5 Å². The molecule has 6 nitrogen and oxygen atoms in total. The van der Waals surface area contributed by atoms with Crippen LogP contribution >= 0.6 is 0 Å². The molecule has 1 amide bonds. The van der Waals surface area contributed by atoms with Gasteiger partial charge in [-0.15, -0.1) is 0 Å². The van der Waals surface area contributed by atoms with Crippen LogP contribution in [0.1, 0.15) is 32.4 Å². The monoisotopic (exact) mass is 322 g/mol. The third-order valence-electron chi connectivity index (χ3n) is 3.65. The number of morpholine rings is 1. The van der Waals surface area contributed by atoms with Crippen LogP contribution in [0.15, 0.2) is 18.2 Å². The number of rotatable bonds is 6. The van der Waals surface area contributed by atoms with E-state index >= 15 is 0 Å². The summed E-state index contributed by atoms with van der Waals surface area (Å²) >= 11 is 0. The Hall–Kier alpha value is -1.79. The molecule has 1 aromatic rings. The molecule has 1 aliphatic heterocycles. The molecule has 1 aromatic carbocycles. The van der Waals surface area contributed by atoms with E-state index in [0.29, 0.717) is 31.3 Å². The first-order valence-corrected chi connectivity index (χ1v) is 7.97. The number of hydrogen-bond donors (Lipinski definition) is 2. The van der Waals surface area contributed by atoms with Crippen LogP contribution in [0.3, 0.4) is 0 Å². The Bertz CT molecular complexity index is 527. The van der Waals surface area contributed by atoms with Gasteiger partial charge in [0.25, 0.3) is 0 Å². The summed E-state index contributed by atoms with van der Waals surface area (Å²) in [6, 6.07) is 5.28. The van der Waals surface area contributed by atoms with Gasteiger partial charge < -0.3 is 24.8 Å². The van der Waals surface area contributed by atoms with Gasteiger partial charge in [-0.1, -0.05) is 6.07 Å². The number of nitrogens with one attached hydrogen (secondary N) is 2. The van der Waals surface area contributed by atoms with Gasteiger partial charge in [-0.25, -0.2) is 0 Å². The van der Waals surface area contributed by atoms with E-state index in [0.717, 1.165) is 5.56 Å². The van der Waals surface area contributed by atoms with Gasteiger partial charge in [0.1, 0.15) is 6.04 Å². The first-order valence-electron chi connectivity index (χ1n) is 7.97. The zero-order valence-corrected chi connectivity index (χ0v) is 14.2. The molecule has 2 atom stereocenters. The van der Waals surface area contributed by atoms with Crippen LogP contribution in [0.25, 0.3) is 0 Å². The molecule has 0 saturated carbocycles. The predicted octanol–water partition coefficient (Wildman–Crippen LogP) is 1.65. The average molecular weight is 322 g/mol. The number of carbonyl (C=O) groups is 1. The highest BCUT2D eigenvalue weighted by molar-refractivity contribution is 5.82. The Morgan fingerprint density at radius 3 is 2.74 bits per heavy atom. The Balaban J connectivity index is 2.03. The van der Waals surface area contributed by atoms with Crippen molar-refractivity contribution in [2.24, 2.45) is 0 Å². The van der Waals surface area contributed by atoms with Crippen LogP contribution in [0.4, 0.5) is 0 Å². The molecule has 0 aliphatic carbocycles. The summed E-state index contributed by atoms with van der Waals surface area (Å²) in [6.45, 7) is 7.63. The minimum atomic E-state index is -0.295. The molecule has 23 heavy (non-hydrogen) atoms. The average Bonchev–Trinajstić information content (AvgIpc) is 2.55. The van der Waals surface area contributed by atoms with Crippen molar-refractivity contribution in [3.8, 4) is 11.5 Å². The summed E-state index contributed by atoms with van der Waals surface area (Å²) in [6.07, 6.45) is 0.0734. The van der Waals surface area contributed by atoms with Crippen molar-refractivity contribution in [3.05, 3.63) is 23.8 Å². The number of carbonyl (C=O) groups excluding carboxylic acids is 1. The lowest BCUT2D eigenvalue weighted by atomic mass is 10.1. The highest BCUT2D eigenvalue weighted by Gasteiger charge is 2.23. The summed E-state index contributed by atoms with van der Waals surface area (Å²) < 4.78 is 16.4. The van der Waals surface area contributed by atoms with E-state index in [1.807, 2.05) is 39.0 Å². The molecule has 0 bridgehead atoms. The summed E-state index contributed by atoms with van der Waals surface area (Å²) in [5.74, 6) is 1.31. The van der Waals surface area contributed by atoms with Crippen molar-refractivity contribution < 1.29 is 19.0 Å². The van der Waals surface area contributed by atoms with Crippen molar-refractivity contribution in [2.75, 3.05) is 26.9 Å². The van der Waals surface area contributed by atoms with E-state index in [9.17, 15) is 4.79 Å². The second-order valence-corrected chi connectivity index (χ2v) is 5.89. The fourth-order valence-corrected chi connectivity index (χ4v) is 2.44. The predicted molar refractivity (Wildman–Crippen MR) is 87.9 cm³/mol. The number of hydrogen-bond acceptors (Lipinski definition) is 5. The zero-order chi connectivity index (χ0) is 16.8. The van der Waals surface area contributed by atoms with E-state index in [-0.39, 0.29) is 24.1 Å². The fraction of sp³-hybridized carbons (Fsp3) is 0.588. The van der Waals surface area contributed by atoms with Gasteiger partial charge in [0.05, 0.1) is 32.5 Å². The molecule has 0 spiro atoms. The summed E-state index contributed by atoms with van der Waals surface area (Å²) in [4.78, 5) is 12.2. The van der Waals surface area contributed by atoms with Gasteiger partial charge in [-0.2, -0.15) is 0 Å². The van der Waals surface area contributed by atoms with E-state index < -0.39 is 0 Å². The van der Waals surface area contributed by atoms with Gasteiger partial charge in [-0.3, -0.25) is 4.79 Å². The molecule has 1 aliphatic rings. The molecular formula is C17H26N2O4. The van der Waals surface area contributed by atoms with Gasteiger partial charge in [0.15, 0.2) is 11.5 Å². The van der Waals surface area contributed by atoms with Crippen molar-refractivity contribution >= 4 is 5.91 Å². The summed E-state index contributed by atoms with van der Waals surface area (Å²) in [7, 11) is 1.61. The smallest absolute Gasteiger partial charge is 0.240 e. The molecule has 2 N–H and O–H groups in total. The summed E-state index contributed by atoms with van der Waals surface area (Å²) in [5, 5.41) is 6.15. The molecule has 1 saturated heterocycles. The van der Waals surface area contributed by atoms with Crippen LogP contribution in [0, 0.1) is 0 Å². The van der Waals surface area contributed by atoms with Crippen molar-refractivity contribution in [3.63, 3.8) is 0 Å². The summed E-state index contributed by atoms with van der Waals surface area (Å²) in [5.41, 5.74) is 0.961. The number of amides is 1. The first kappa shape index (κ1) is 17.6. The molecule has 0 radical (unpaired) electrons. The van der Waals surface area contributed by atoms with E-state index in [1.165, 1.54) is 0 Å². The quantitative estimate of drug-likeness (QED) is 0.833. The minimum Gasteiger partial charge on any atom is -0.493 e. The maximum atomic E-state index is 12.2. The van der Waals surface area contributed by atoms with Gasteiger partial charge in [0.2, 0.25) is 5.91 Å². The van der Waals surface area contributed by atoms with Crippen LogP contribution < -0.4 is 20.1 Å². The molecule has 1 heterocycles. The highest BCUT2D eigenvalue weighted by Crippen LogP contribution is 2.31. The zero-order valence-electron chi connectivity index (χ0n) is 14.2. The van der Waals surface area contributed by atoms with E-state index in [1.54, 1.807) is 7.11 Å². The SMILES string of the molecule is COc1cc(C(C)NC(=O)C2COCCN2)ccc1OC(C)C. The fourth-order valence-electron chi connectivity index (χ4n) is 2.44. The van der Waals surface area contributed by atoms with E-state index in [2.05, 4.69) is 10.6 Å². The lowest BCUT2D eigenvalue weighted by Gasteiger charge is -2.25. The van der Waals surface area contributed by atoms with Gasteiger partial charge in [0, 0.05) is 6.54 Å². The van der Waals surface area contributed by atoms with Gasteiger partial charge >= 0.3 is 0 Å². The van der Waals surface area contributed by atoms with Crippen LogP contribution in [-0.4, -0.2) is 44.9 Å². The first-order chi connectivity index (χ1) is 11.0. The van der Waals surface area contributed by atoms with E-state index in [4.69, 9.17) is 14.2 Å². The maximum absolute atomic E-state index is 12.2. The normalized spacial score (nSPS) is 19.3. The molecular weight excluding hydrogens is 296 g/mol. The largest absolute Gasteiger partial charge is 0.493 e. The van der Waals surface area contributed by atoms with Crippen LogP contribution in [0.5, 0.6) is 11.5 Å². The third kappa shape index (κ3) is 4.84. The number of ether oxygens (including phenoxy) is 3. The van der Waals surface area contributed by atoms with Crippen LogP contribution in [-0.2, 0) is 9.53 Å². The Morgan fingerprint density at radius 2 is 2.13 bits per heavy atom.